The largest absolute Gasteiger partial charge is 0.456 e. The summed E-state index contributed by atoms with van der Waals surface area (Å²) in [6.07, 6.45) is 3.66. The number of para-hydroxylation sites is 1. The first-order valence-electron chi connectivity index (χ1n) is 14.2. The highest BCUT2D eigenvalue weighted by Crippen LogP contribution is 2.37. The van der Waals surface area contributed by atoms with E-state index in [1.54, 1.807) is 6.20 Å². The van der Waals surface area contributed by atoms with Crippen molar-refractivity contribution in [3.63, 3.8) is 0 Å². The lowest BCUT2D eigenvalue weighted by Gasteiger charge is -2.11. The monoisotopic (exact) mass is 630 g/mol. The van der Waals surface area contributed by atoms with Crippen LogP contribution in [0.15, 0.2) is 149 Å². The van der Waals surface area contributed by atoms with Gasteiger partial charge in [-0.2, -0.15) is 0 Å². The molecule has 8 rings (SSSR count). The average Bonchev–Trinajstić information content (AvgIpc) is 3.48. The van der Waals surface area contributed by atoms with E-state index in [0.717, 1.165) is 65.4 Å². The zero-order valence-electron chi connectivity index (χ0n) is 23.4. The Labute approximate surface area is 262 Å². The van der Waals surface area contributed by atoms with E-state index >= 15 is 0 Å². The maximum atomic E-state index is 6.18. The molecule has 0 atom stereocenters. The topological polar surface area (TPSA) is 64.7 Å². The molecule has 0 amide bonds. The maximum Gasteiger partial charge on any atom is 0.164 e. The highest BCUT2D eigenvalue weighted by atomic mass is 79.9. The van der Waals surface area contributed by atoms with Crippen LogP contribution in [0.1, 0.15) is 0 Å². The second-order valence-corrected chi connectivity index (χ2v) is 11.4. The zero-order chi connectivity index (χ0) is 29.5. The molecule has 0 N–H and O–H groups in total. The molecule has 3 heterocycles. The van der Waals surface area contributed by atoms with E-state index in [0.29, 0.717) is 17.5 Å². The third kappa shape index (κ3) is 4.85. The summed E-state index contributed by atoms with van der Waals surface area (Å²) in [5, 5.41) is 2.02. The lowest BCUT2D eigenvalue weighted by atomic mass is 9.99. The average molecular weight is 632 g/mol. The number of hydrogen-bond acceptors (Lipinski definition) is 5. The van der Waals surface area contributed by atoms with E-state index in [-0.39, 0.29) is 0 Å². The van der Waals surface area contributed by atoms with E-state index in [4.69, 9.17) is 19.4 Å². The van der Waals surface area contributed by atoms with Crippen molar-refractivity contribution in [3.05, 3.63) is 144 Å². The van der Waals surface area contributed by atoms with Gasteiger partial charge in [0.1, 0.15) is 11.2 Å². The molecule has 0 saturated carbocycles. The van der Waals surface area contributed by atoms with Crippen molar-refractivity contribution in [1.82, 2.24) is 19.9 Å². The summed E-state index contributed by atoms with van der Waals surface area (Å²) >= 11 is 3.75. The van der Waals surface area contributed by atoms with E-state index < -0.39 is 0 Å². The fourth-order valence-corrected chi connectivity index (χ4v) is 6.07. The van der Waals surface area contributed by atoms with Crippen LogP contribution in [0.5, 0.6) is 0 Å². The summed E-state index contributed by atoms with van der Waals surface area (Å²) in [4.78, 5) is 19.3. The van der Waals surface area contributed by atoms with Crippen molar-refractivity contribution in [2.75, 3.05) is 0 Å². The first kappa shape index (κ1) is 26.2. The Kier molecular flexibility index (Phi) is 6.54. The van der Waals surface area contributed by atoms with Gasteiger partial charge in [-0.05, 0) is 58.7 Å². The lowest BCUT2D eigenvalue weighted by molar-refractivity contribution is 0.669. The van der Waals surface area contributed by atoms with E-state index in [1.807, 2.05) is 79.0 Å². The Balaban J connectivity index is 1.29. The highest BCUT2D eigenvalue weighted by Gasteiger charge is 2.18. The normalized spacial score (nSPS) is 11.3. The molecule has 0 aliphatic rings. The van der Waals surface area contributed by atoms with Crippen LogP contribution in [0.25, 0.3) is 78.4 Å². The summed E-state index contributed by atoms with van der Waals surface area (Å²) in [6.45, 7) is 0. The van der Waals surface area contributed by atoms with Gasteiger partial charge in [0.2, 0.25) is 0 Å². The first-order chi connectivity index (χ1) is 21.7. The standard InChI is InChI=1S/C38H23BrN4O/c39-30-21-28(25-17-15-24(16-18-25)27-10-7-19-40-23-27)20-29(22-30)37-41-36(26-8-2-1-3-9-26)42-38(43-37)32-12-6-14-34-35(32)31-11-4-5-13-33(31)44-34/h1-23H. The molecular weight excluding hydrogens is 608 g/mol. The minimum absolute atomic E-state index is 0.591. The summed E-state index contributed by atoms with van der Waals surface area (Å²) < 4.78 is 7.12. The first-order valence-corrected chi connectivity index (χ1v) is 15.0. The van der Waals surface area contributed by atoms with Gasteiger partial charge >= 0.3 is 0 Å². The van der Waals surface area contributed by atoms with Crippen LogP contribution in [-0.4, -0.2) is 19.9 Å². The van der Waals surface area contributed by atoms with Crippen molar-refractivity contribution in [2.45, 2.75) is 0 Å². The van der Waals surface area contributed by atoms with Crippen molar-refractivity contribution in [1.29, 1.82) is 0 Å². The molecular formula is C38H23BrN4O. The number of benzene rings is 5. The number of aromatic nitrogens is 4. The Morgan fingerprint density at radius 1 is 0.477 bits per heavy atom. The molecule has 6 heteroatoms. The predicted octanol–water partition coefficient (Wildman–Crippen LogP) is 10.3. The van der Waals surface area contributed by atoms with Gasteiger partial charge in [0.15, 0.2) is 17.5 Å². The number of fused-ring (bicyclic) bond motifs is 3. The molecule has 0 aliphatic carbocycles. The Morgan fingerprint density at radius 3 is 1.93 bits per heavy atom. The Morgan fingerprint density at radius 2 is 1.14 bits per heavy atom. The smallest absolute Gasteiger partial charge is 0.164 e. The van der Waals surface area contributed by atoms with Gasteiger partial charge < -0.3 is 4.42 Å². The lowest BCUT2D eigenvalue weighted by Crippen LogP contribution is -2.00. The second-order valence-electron chi connectivity index (χ2n) is 10.5. The van der Waals surface area contributed by atoms with E-state index in [2.05, 4.69) is 75.5 Å². The molecule has 0 unspecified atom stereocenters. The third-order valence-corrected chi connectivity index (χ3v) is 8.14. The minimum Gasteiger partial charge on any atom is -0.456 e. The molecule has 5 aromatic carbocycles. The van der Waals surface area contributed by atoms with Gasteiger partial charge in [0.25, 0.3) is 0 Å². The van der Waals surface area contributed by atoms with Crippen LogP contribution in [0, 0.1) is 0 Å². The molecule has 3 aromatic heterocycles. The fourth-order valence-electron chi connectivity index (χ4n) is 5.58. The molecule has 208 valence electrons. The molecule has 44 heavy (non-hydrogen) atoms. The summed E-state index contributed by atoms with van der Waals surface area (Å²) in [7, 11) is 0. The van der Waals surface area contributed by atoms with Crippen LogP contribution in [0.2, 0.25) is 0 Å². The molecule has 0 aliphatic heterocycles. The third-order valence-electron chi connectivity index (χ3n) is 7.68. The SMILES string of the molecule is Brc1cc(-c2ccc(-c3cccnc3)cc2)cc(-c2nc(-c3ccccc3)nc(-c3cccc4oc5ccccc5c34)n2)c1. The number of nitrogens with zero attached hydrogens (tertiary/aromatic N) is 4. The molecule has 0 fully saturated rings. The van der Waals surface area contributed by atoms with Crippen molar-refractivity contribution < 1.29 is 4.42 Å². The number of halogens is 1. The Bertz CT molecular complexity index is 2280. The van der Waals surface area contributed by atoms with Gasteiger partial charge in [0, 0.05) is 44.3 Å². The summed E-state index contributed by atoms with van der Waals surface area (Å²) in [5.74, 6) is 1.79. The van der Waals surface area contributed by atoms with Crippen LogP contribution in [-0.2, 0) is 0 Å². The van der Waals surface area contributed by atoms with Crippen molar-refractivity contribution in [2.24, 2.45) is 0 Å². The molecule has 5 nitrogen and oxygen atoms in total. The van der Waals surface area contributed by atoms with Gasteiger partial charge in [-0.1, -0.05) is 107 Å². The predicted molar refractivity (Wildman–Crippen MR) is 180 cm³/mol. The molecule has 0 bridgehead atoms. The molecule has 0 radical (unpaired) electrons. The number of hydrogen-bond donors (Lipinski definition) is 0. The number of furan rings is 1. The Hall–Kier alpha value is -5.46. The van der Waals surface area contributed by atoms with Gasteiger partial charge in [-0.15, -0.1) is 0 Å². The van der Waals surface area contributed by atoms with Crippen LogP contribution in [0.3, 0.4) is 0 Å². The summed E-state index contributed by atoms with van der Waals surface area (Å²) in [5.41, 5.74) is 8.68. The van der Waals surface area contributed by atoms with Crippen LogP contribution < -0.4 is 0 Å². The molecule has 0 saturated heterocycles. The minimum atomic E-state index is 0.591. The molecule has 0 spiro atoms. The number of pyridine rings is 1. The highest BCUT2D eigenvalue weighted by molar-refractivity contribution is 9.10. The second kappa shape index (κ2) is 11.0. The van der Waals surface area contributed by atoms with Crippen LogP contribution >= 0.6 is 15.9 Å². The van der Waals surface area contributed by atoms with Gasteiger partial charge in [-0.3, -0.25) is 4.98 Å². The molecule has 8 aromatic rings. The summed E-state index contributed by atoms with van der Waals surface area (Å²) in [6, 6.07) is 42.9. The van der Waals surface area contributed by atoms with Gasteiger partial charge in [0.05, 0.1) is 0 Å². The van der Waals surface area contributed by atoms with Gasteiger partial charge in [-0.25, -0.2) is 15.0 Å². The van der Waals surface area contributed by atoms with E-state index in [9.17, 15) is 0 Å². The zero-order valence-corrected chi connectivity index (χ0v) is 24.9. The van der Waals surface area contributed by atoms with Crippen molar-refractivity contribution >= 4 is 37.9 Å². The quantitative estimate of drug-likeness (QED) is 0.189. The van der Waals surface area contributed by atoms with Crippen LogP contribution in [0.4, 0.5) is 0 Å². The number of rotatable bonds is 5. The van der Waals surface area contributed by atoms with Crippen molar-refractivity contribution in [3.8, 4) is 56.4 Å². The van der Waals surface area contributed by atoms with E-state index in [1.165, 1.54) is 0 Å². The fraction of sp³-hybridized carbons (Fsp3) is 0. The maximum absolute atomic E-state index is 6.18.